The summed E-state index contributed by atoms with van der Waals surface area (Å²) in [5.41, 5.74) is 3.28. The van der Waals surface area contributed by atoms with Gasteiger partial charge in [-0.1, -0.05) is 48.0 Å². The number of likely N-dealkylation sites (tertiary alicyclic amines) is 1. The third kappa shape index (κ3) is 6.15. The molecule has 6 nitrogen and oxygen atoms in total. The highest BCUT2D eigenvalue weighted by atomic mass is 32.2. The molecule has 0 radical (unpaired) electrons. The Kier molecular flexibility index (Phi) is 7.51. The van der Waals surface area contributed by atoms with Crippen molar-refractivity contribution < 1.29 is 13.2 Å². The highest BCUT2D eigenvalue weighted by molar-refractivity contribution is 7.89. The van der Waals surface area contributed by atoms with Crippen LogP contribution in [0.1, 0.15) is 35.1 Å². The first-order valence-electron chi connectivity index (χ1n) is 10.8. The Morgan fingerprint density at radius 2 is 1.65 bits per heavy atom. The van der Waals surface area contributed by atoms with E-state index < -0.39 is 16.1 Å². The van der Waals surface area contributed by atoms with Crippen LogP contribution in [0.15, 0.2) is 47.4 Å². The molecule has 1 aliphatic rings. The molecular formula is C24H33N3O3S. The van der Waals surface area contributed by atoms with Crippen LogP contribution >= 0.6 is 0 Å². The first kappa shape index (κ1) is 23.4. The number of piperidine rings is 1. The minimum atomic E-state index is -3.87. The van der Waals surface area contributed by atoms with E-state index in [2.05, 4.69) is 22.0 Å². The Hall–Kier alpha value is -2.22. The Labute approximate surface area is 186 Å². The lowest BCUT2D eigenvalue weighted by molar-refractivity contribution is -0.123. The third-order valence-electron chi connectivity index (χ3n) is 5.83. The lowest BCUT2D eigenvalue weighted by Crippen LogP contribution is -2.52. The molecule has 0 unspecified atom stereocenters. The van der Waals surface area contributed by atoms with Gasteiger partial charge in [0.05, 0.1) is 4.90 Å². The summed E-state index contributed by atoms with van der Waals surface area (Å²) in [6, 6.07) is 12.4. The van der Waals surface area contributed by atoms with E-state index in [1.165, 1.54) is 0 Å². The van der Waals surface area contributed by atoms with Crippen molar-refractivity contribution in [2.75, 3.05) is 20.1 Å². The molecule has 7 heteroatoms. The molecule has 168 valence electrons. The van der Waals surface area contributed by atoms with Gasteiger partial charge in [-0.05, 0) is 76.9 Å². The van der Waals surface area contributed by atoms with Crippen molar-refractivity contribution in [2.24, 2.45) is 0 Å². The number of carbonyl (C=O) groups excluding carboxylic acids is 1. The van der Waals surface area contributed by atoms with Crippen molar-refractivity contribution in [3.05, 3.63) is 64.7 Å². The summed E-state index contributed by atoms with van der Waals surface area (Å²) in [5.74, 6) is -0.274. The molecule has 1 aliphatic heterocycles. The lowest BCUT2D eigenvalue weighted by Gasteiger charge is -2.31. The summed E-state index contributed by atoms with van der Waals surface area (Å²) in [6.45, 7) is 7.36. The van der Waals surface area contributed by atoms with E-state index in [0.717, 1.165) is 37.1 Å². The fraction of sp³-hybridized carbons (Fsp3) is 0.458. The van der Waals surface area contributed by atoms with Crippen LogP contribution in [0.2, 0.25) is 0 Å². The average Bonchev–Trinajstić information content (AvgIpc) is 2.68. The molecule has 1 atom stereocenters. The van der Waals surface area contributed by atoms with Gasteiger partial charge in [-0.25, -0.2) is 8.42 Å². The average molecular weight is 444 g/mol. The standard InChI is InChI=1S/C24H33N3O3S/c1-17-14-18(2)23(19(3)15-17)31(29,30)26-22(16-20-8-6-5-7-9-20)24(28)25-21-10-12-27(4)13-11-21/h5-9,14-15,21-22,26H,10-13,16H2,1-4H3,(H,25,28)/t22-/m1/s1. The van der Waals surface area contributed by atoms with Crippen LogP contribution in [-0.4, -0.2) is 51.4 Å². The van der Waals surface area contributed by atoms with E-state index in [9.17, 15) is 13.2 Å². The predicted octanol–water partition coefficient (Wildman–Crippen LogP) is 2.71. The van der Waals surface area contributed by atoms with Gasteiger partial charge >= 0.3 is 0 Å². The van der Waals surface area contributed by atoms with Gasteiger partial charge in [0, 0.05) is 6.04 Å². The van der Waals surface area contributed by atoms with Crippen LogP contribution in [0.25, 0.3) is 0 Å². The van der Waals surface area contributed by atoms with Crippen molar-refractivity contribution in [1.82, 2.24) is 14.9 Å². The third-order valence-corrected chi connectivity index (χ3v) is 7.61. The minimum absolute atomic E-state index is 0.0642. The first-order chi connectivity index (χ1) is 14.7. The zero-order valence-corrected chi connectivity index (χ0v) is 19.6. The zero-order chi connectivity index (χ0) is 22.6. The molecule has 1 heterocycles. The number of nitrogens with one attached hydrogen (secondary N) is 2. The van der Waals surface area contributed by atoms with E-state index >= 15 is 0 Å². The molecule has 0 spiro atoms. The summed E-state index contributed by atoms with van der Waals surface area (Å²) in [5, 5.41) is 3.08. The second-order valence-corrected chi connectivity index (χ2v) is 10.3. The molecule has 2 aromatic rings. The highest BCUT2D eigenvalue weighted by Gasteiger charge is 2.30. The normalized spacial score (nSPS) is 16.8. The smallest absolute Gasteiger partial charge is 0.241 e. The largest absolute Gasteiger partial charge is 0.352 e. The monoisotopic (exact) mass is 443 g/mol. The van der Waals surface area contributed by atoms with Gasteiger partial charge in [0.25, 0.3) is 0 Å². The Morgan fingerprint density at radius 1 is 1.06 bits per heavy atom. The minimum Gasteiger partial charge on any atom is -0.352 e. The molecule has 2 N–H and O–H groups in total. The zero-order valence-electron chi connectivity index (χ0n) is 18.8. The van der Waals surface area contributed by atoms with Gasteiger partial charge < -0.3 is 10.2 Å². The van der Waals surface area contributed by atoms with Gasteiger partial charge in [-0.15, -0.1) is 0 Å². The number of amides is 1. The molecule has 0 aromatic heterocycles. The van der Waals surface area contributed by atoms with Crippen LogP contribution < -0.4 is 10.0 Å². The molecule has 3 rings (SSSR count). The number of hydrogen-bond donors (Lipinski definition) is 2. The summed E-state index contributed by atoms with van der Waals surface area (Å²) >= 11 is 0. The van der Waals surface area contributed by atoms with Crippen LogP contribution in [0.4, 0.5) is 0 Å². The molecule has 1 fully saturated rings. The Bertz CT molecular complexity index is 991. The van der Waals surface area contributed by atoms with E-state index in [1.54, 1.807) is 13.8 Å². The number of nitrogens with zero attached hydrogens (tertiary/aromatic N) is 1. The maximum absolute atomic E-state index is 13.3. The van der Waals surface area contributed by atoms with Crippen LogP contribution in [0.5, 0.6) is 0 Å². The molecule has 31 heavy (non-hydrogen) atoms. The second kappa shape index (κ2) is 9.94. The number of benzene rings is 2. The van der Waals surface area contributed by atoms with Crippen molar-refractivity contribution in [2.45, 2.75) is 57.0 Å². The molecule has 1 saturated heterocycles. The van der Waals surface area contributed by atoms with Crippen LogP contribution in [0, 0.1) is 20.8 Å². The van der Waals surface area contributed by atoms with E-state index in [1.807, 2.05) is 49.4 Å². The van der Waals surface area contributed by atoms with Gasteiger partial charge in [-0.2, -0.15) is 4.72 Å². The topological polar surface area (TPSA) is 78.5 Å². The number of sulfonamides is 1. The van der Waals surface area contributed by atoms with Crippen LogP contribution in [-0.2, 0) is 21.2 Å². The molecule has 2 aromatic carbocycles. The predicted molar refractivity (Wildman–Crippen MR) is 124 cm³/mol. The molecule has 0 saturated carbocycles. The van der Waals surface area contributed by atoms with Crippen LogP contribution in [0.3, 0.4) is 0 Å². The summed E-state index contributed by atoms with van der Waals surface area (Å²) < 4.78 is 29.4. The summed E-state index contributed by atoms with van der Waals surface area (Å²) in [7, 11) is -1.81. The molecule has 1 amide bonds. The van der Waals surface area contributed by atoms with E-state index in [4.69, 9.17) is 0 Å². The second-order valence-electron chi connectivity index (χ2n) is 8.68. The van der Waals surface area contributed by atoms with Gasteiger partial charge in [0.1, 0.15) is 6.04 Å². The maximum atomic E-state index is 13.3. The quantitative estimate of drug-likeness (QED) is 0.690. The van der Waals surface area contributed by atoms with Crippen molar-refractivity contribution in [3.63, 3.8) is 0 Å². The highest BCUT2D eigenvalue weighted by Crippen LogP contribution is 2.22. The number of rotatable bonds is 7. The fourth-order valence-electron chi connectivity index (χ4n) is 4.33. The fourth-order valence-corrected chi connectivity index (χ4v) is 5.98. The van der Waals surface area contributed by atoms with Gasteiger partial charge in [-0.3, -0.25) is 4.79 Å². The van der Waals surface area contributed by atoms with Crippen molar-refractivity contribution in [1.29, 1.82) is 0 Å². The van der Waals surface area contributed by atoms with E-state index in [0.29, 0.717) is 17.5 Å². The van der Waals surface area contributed by atoms with E-state index in [-0.39, 0.29) is 16.8 Å². The molecular weight excluding hydrogens is 410 g/mol. The SMILES string of the molecule is Cc1cc(C)c(S(=O)(=O)N[C@H](Cc2ccccc2)C(=O)NC2CCN(C)CC2)c(C)c1. The van der Waals surface area contributed by atoms with Gasteiger partial charge in [0.2, 0.25) is 15.9 Å². The van der Waals surface area contributed by atoms with Crippen molar-refractivity contribution in [3.8, 4) is 0 Å². The number of aryl methyl sites for hydroxylation is 3. The summed E-state index contributed by atoms with van der Waals surface area (Å²) in [6.07, 6.45) is 2.02. The van der Waals surface area contributed by atoms with Gasteiger partial charge in [0.15, 0.2) is 0 Å². The lowest BCUT2D eigenvalue weighted by atomic mass is 10.0. The van der Waals surface area contributed by atoms with Crippen molar-refractivity contribution >= 4 is 15.9 Å². The number of carbonyl (C=O) groups is 1. The maximum Gasteiger partial charge on any atom is 0.241 e. The molecule has 0 aliphatic carbocycles. The molecule has 0 bridgehead atoms. The number of hydrogen-bond acceptors (Lipinski definition) is 4. The summed E-state index contributed by atoms with van der Waals surface area (Å²) in [4.78, 5) is 15.7. The first-order valence-corrected chi connectivity index (χ1v) is 12.3. The Morgan fingerprint density at radius 3 is 2.23 bits per heavy atom. The Balaban J connectivity index is 1.84.